The third kappa shape index (κ3) is 3.13. The number of benzene rings is 3. The minimum atomic E-state index is -1.15. The van der Waals surface area contributed by atoms with Crippen LogP contribution in [0.5, 0.6) is 0 Å². The number of thioether (sulfide) groups is 1. The summed E-state index contributed by atoms with van der Waals surface area (Å²) in [5.41, 5.74) is 2.38. The molecule has 3 aromatic carbocycles. The standard InChI is InChI=1S/C24H18ClFN2O2S/c25-18-11-9-16(10-12-18)22(29)28-13-14-31-24(28)19-6-2-4-8-21(19)27(23(24)30)15-17-5-1-3-7-20(17)26/h1-12H,13-15H2/t24-/m0/s1. The van der Waals surface area contributed by atoms with Crippen LogP contribution in [0.4, 0.5) is 10.1 Å². The molecule has 0 bridgehead atoms. The molecular weight excluding hydrogens is 435 g/mol. The summed E-state index contributed by atoms with van der Waals surface area (Å²) in [6.07, 6.45) is 0. The highest BCUT2D eigenvalue weighted by Crippen LogP contribution is 2.54. The molecule has 2 aliphatic rings. The SMILES string of the molecule is O=C(c1ccc(Cl)cc1)N1CCS[C@@]12C(=O)N(Cc1ccccc1F)c1ccccc12. The quantitative estimate of drug-likeness (QED) is 0.557. The van der Waals surface area contributed by atoms with Crippen LogP contribution in [0.15, 0.2) is 72.8 Å². The first-order valence-electron chi connectivity index (χ1n) is 9.89. The fraction of sp³-hybridized carbons (Fsp3) is 0.167. The highest BCUT2D eigenvalue weighted by molar-refractivity contribution is 8.01. The van der Waals surface area contributed by atoms with Crippen LogP contribution in [0.3, 0.4) is 0 Å². The van der Waals surface area contributed by atoms with Crippen molar-refractivity contribution in [3.8, 4) is 0 Å². The molecule has 1 saturated heterocycles. The summed E-state index contributed by atoms with van der Waals surface area (Å²) in [7, 11) is 0. The van der Waals surface area contributed by atoms with Gasteiger partial charge in [-0.3, -0.25) is 9.59 Å². The van der Waals surface area contributed by atoms with Gasteiger partial charge in [0.1, 0.15) is 5.82 Å². The third-order valence-corrected chi connectivity index (χ3v) is 7.39. The van der Waals surface area contributed by atoms with Gasteiger partial charge in [-0.2, -0.15) is 0 Å². The summed E-state index contributed by atoms with van der Waals surface area (Å²) in [6.45, 7) is 0.549. The van der Waals surface area contributed by atoms with Crippen molar-refractivity contribution in [1.82, 2.24) is 4.90 Å². The molecule has 0 aromatic heterocycles. The van der Waals surface area contributed by atoms with Gasteiger partial charge in [0, 0.05) is 34.0 Å². The summed E-state index contributed by atoms with van der Waals surface area (Å²) in [5.74, 6) is -0.173. The molecule has 0 unspecified atom stereocenters. The Morgan fingerprint density at radius 1 is 1.03 bits per heavy atom. The number of hydrogen-bond donors (Lipinski definition) is 0. The highest BCUT2D eigenvalue weighted by Gasteiger charge is 2.59. The molecule has 31 heavy (non-hydrogen) atoms. The van der Waals surface area contributed by atoms with Gasteiger partial charge in [0.2, 0.25) is 0 Å². The molecule has 0 aliphatic carbocycles. The molecular formula is C24H18ClFN2O2S. The summed E-state index contributed by atoms with van der Waals surface area (Å²) >= 11 is 7.43. The zero-order chi connectivity index (χ0) is 21.6. The van der Waals surface area contributed by atoms with Crippen LogP contribution in [-0.2, 0) is 16.2 Å². The molecule has 2 aliphatic heterocycles. The number of hydrogen-bond acceptors (Lipinski definition) is 3. The molecule has 4 nitrogen and oxygen atoms in total. The molecule has 0 radical (unpaired) electrons. The Morgan fingerprint density at radius 3 is 2.52 bits per heavy atom. The number of para-hydroxylation sites is 1. The van der Waals surface area contributed by atoms with E-state index in [9.17, 15) is 14.0 Å². The molecule has 7 heteroatoms. The molecule has 5 rings (SSSR count). The lowest BCUT2D eigenvalue weighted by Crippen LogP contribution is -2.50. The molecule has 1 atom stereocenters. The minimum absolute atomic E-state index is 0.105. The van der Waals surface area contributed by atoms with E-state index in [2.05, 4.69) is 0 Å². The van der Waals surface area contributed by atoms with Gasteiger partial charge in [-0.05, 0) is 36.4 Å². The van der Waals surface area contributed by atoms with Crippen molar-refractivity contribution in [2.24, 2.45) is 0 Å². The Morgan fingerprint density at radius 2 is 1.74 bits per heavy atom. The van der Waals surface area contributed by atoms with Gasteiger partial charge >= 0.3 is 0 Å². The maximum absolute atomic E-state index is 14.4. The highest BCUT2D eigenvalue weighted by atomic mass is 35.5. The van der Waals surface area contributed by atoms with Crippen LogP contribution in [-0.4, -0.2) is 29.0 Å². The number of halogens is 2. The van der Waals surface area contributed by atoms with Crippen molar-refractivity contribution in [2.45, 2.75) is 11.4 Å². The van der Waals surface area contributed by atoms with Crippen molar-refractivity contribution < 1.29 is 14.0 Å². The van der Waals surface area contributed by atoms with Crippen molar-refractivity contribution >= 4 is 40.9 Å². The lowest BCUT2D eigenvalue weighted by molar-refractivity contribution is -0.123. The average molecular weight is 453 g/mol. The summed E-state index contributed by atoms with van der Waals surface area (Å²) in [4.78, 5) is 29.4. The van der Waals surface area contributed by atoms with Crippen LogP contribution in [0, 0.1) is 5.82 Å². The maximum atomic E-state index is 14.4. The van der Waals surface area contributed by atoms with Gasteiger partial charge in [-0.25, -0.2) is 4.39 Å². The Kier molecular flexibility index (Phi) is 4.99. The van der Waals surface area contributed by atoms with E-state index in [1.54, 1.807) is 52.3 Å². The smallest absolute Gasteiger partial charge is 0.268 e. The number of carbonyl (C=O) groups is 2. The van der Waals surface area contributed by atoms with E-state index in [4.69, 9.17) is 11.6 Å². The Hall–Kier alpha value is -2.83. The van der Waals surface area contributed by atoms with Gasteiger partial charge in [0.05, 0.1) is 12.2 Å². The number of amides is 2. The van der Waals surface area contributed by atoms with E-state index in [0.717, 1.165) is 5.56 Å². The monoisotopic (exact) mass is 452 g/mol. The average Bonchev–Trinajstić information content (AvgIpc) is 3.32. The zero-order valence-electron chi connectivity index (χ0n) is 16.4. The van der Waals surface area contributed by atoms with Gasteiger partial charge in [-0.1, -0.05) is 48.0 Å². The van der Waals surface area contributed by atoms with Crippen LogP contribution in [0.2, 0.25) is 5.02 Å². The van der Waals surface area contributed by atoms with E-state index in [1.165, 1.54) is 17.8 Å². The second-order valence-electron chi connectivity index (χ2n) is 7.46. The van der Waals surface area contributed by atoms with Crippen LogP contribution >= 0.6 is 23.4 Å². The lowest BCUT2D eigenvalue weighted by atomic mass is 10.0. The Labute approximate surface area is 188 Å². The van der Waals surface area contributed by atoms with Gasteiger partial charge in [0.15, 0.2) is 4.87 Å². The molecule has 0 N–H and O–H groups in total. The van der Waals surface area contributed by atoms with Gasteiger partial charge in [-0.15, -0.1) is 11.8 Å². The topological polar surface area (TPSA) is 40.6 Å². The second kappa shape index (κ2) is 7.70. The molecule has 2 heterocycles. The molecule has 0 saturated carbocycles. The van der Waals surface area contributed by atoms with E-state index < -0.39 is 4.87 Å². The normalized spacial score (nSPS) is 19.9. The van der Waals surface area contributed by atoms with Crippen LogP contribution in [0.25, 0.3) is 0 Å². The number of anilines is 1. The van der Waals surface area contributed by atoms with Crippen molar-refractivity contribution in [3.63, 3.8) is 0 Å². The van der Waals surface area contributed by atoms with Crippen LogP contribution in [0.1, 0.15) is 21.5 Å². The summed E-state index contributed by atoms with van der Waals surface area (Å²) < 4.78 is 14.4. The van der Waals surface area contributed by atoms with E-state index in [1.807, 2.05) is 24.3 Å². The Balaban J connectivity index is 1.58. The van der Waals surface area contributed by atoms with Crippen molar-refractivity contribution in [1.29, 1.82) is 0 Å². The first-order chi connectivity index (χ1) is 15.0. The number of nitrogens with zero attached hydrogens (tertiary/aromatic N) is 2. The molecule has 1 fully saturated rings. The van der Waals surface area contributed by atoms with Crippen LogP contribution < -0.4 is 4.90 Å². The lowest BCUT2D eigenvalue weighted by Gasteiger charge is -2.33. The van der Waals surface area contributed by atoms with E-state index in [0.29, 0.717) is 34.1 Å². The first-order valence-corrected chi connectivity index (χ1v) is 11.2. The predicted molar refractivity (Wildman–Crippen MR) is 121 cm³/mol. The fourth-order valence-electron chi connectivity index (χ4n) is 4.27. The number of fused-ring (bicyclic) bond motifs is 2. The maximum Gasteiger partial charge on any atom is 0.268 e. The number of rotatable bonds is 3. The largest absolute Gasteiger partial charge is 0.311 e. The molecule has 156 valence electrons. The molecule has 3 aromatic rings. The summed E-state index contributed by atoms with van der Waals surface area (Å²) in [6, 6.07) is 20.6. The molecule has 2 amide bonds. The Bertz CT molecular complexity index is 1190. The summed E-state index contributed by atoms with van der Waals surface area (Å²) in [5, 5.41) is 0.542. The third-order valence-electron chi connectivity index (χ3n) is 5.72. The first kappa shape index (κ1) is 20.1. The second-order valence-corrected chi connectivity index (χ2v) is 9.18. The van der Waals surface area contributed by atoms with Gasteiger partial charge < -0.3 is 9.80 Å². The van der Waals surface area contributed by atoms with E-state index >= 15 is 0 Å². The fourth-order valence-corrected chi connectivity index (χ4v) is 5.86. The molecule has 1 spiro atoms. The zero-order valence-corrected chi connectivity index (χ0v) is 18.0. The van der Waals surface area contributed by atoms with Crippen molar-refractivity contribution in [2.75, 3.05) is 17.2 Å². The number of carbonyl (C=O) groups excluding carboxylic acids is 2. The predicted octanol–water partition coefficient (Wildman–Crippen LogP) is 5.07. The van der Waals surface area contributed by atoms with Gasteiger partial charge in [0.25, 0.3) is 11.8 Å². The van der Waals surface area contributed by atoms with E-state index in [-0.39, 0.29) is 24.2 Å². The van der Waals surface area contributed by atoms with Crippen molar-refractivity contribution in [3.05, 3.63) is 100 Å². The minimum Gasteiger partial charge on any atom is -0.311 e.